The minimum absolute atomic E-state index is 0.194. The summed E-state index contributed by atoms with van der Waals surface area (Å²) >= 11 is 0. The number of hydrogen-bond acceptors (Lipinski definition) is 2. The van der Waals surface area contributed by atoms with Crippen LogP contribution in [0.3, 0.4) is 0 Å². The standard InChI is InChI=1S/C10H20O2/c1-5-8-9(4)10(11-6-2)12-7-3/h10H,4-8H2,1-3H3. The van der Waals surface area contributed by atoms with E-state index in [1.54, 1.807) is 0 Å². The molecule has 0 unspecified atom stereocenters. The van der Waals surface area contributed by atoms with Gasteiger partial charge in [0.25, 0.3) is 0 Å². The molecule has 0 aliphatic rings. The number of rotatable bonds is 7. The monoisotopic (exact) mass is 172 g/mol. The molecule has 0 aromatic carbocycles. The zero-order chi connectivity index (χ0) is 9.40. The lowest BCUT2D eigenvalue weighted by Gasteiger charge is -2.18. The Kier molecular flexibility index (Phi) is 7.11. The van der Waals surface area contributed by atoms with Crippen molar-refractivity contribution in [1.82, 2.24) is 0 Å². The van der Waals surface area contributed by atoms with Crippen LogP contribution in [0, 0.1) is 0 Å². The van der Waals surface area contributed by atoms with Gasteiger partial charge in [-0.25, -0.2) is 0 Å². The van der Waals surface area contributed by atoms with Crippen LogP contribution in [0.25, 0.3) is 0 Å². The topological polar surface area (TPSA) is 18.5 Å². The second-order valence-electron chi connectivity index (χ2n) is 2.65. The van der Waals surface area contributed by atoms with E-state index in [1.807, 2.05) is 13.8 Å². The van der Waals surface area contributed by atoms with Crippen molar-refractivity contribution in [1.29, 1.82) is 0 Å². The highest BCUT2D eigenvalue weighted by atomic mass is 16.7. The van der Waals surface area contributed by atoms with E-state index in [1.165, 1.54) is 0 Å². The van der Waals surface area contributed by atoms with Gasteiger partial charge in [-0.3, -0.25) is 0 Å². The van der Waals surface area contributed by atoms with Crippen LogP contribution in [-0.2, 0) is 9.47 Å². The smallest absolute Gasteiger partial charge is 0.179 e. The highest BCUT2D eigenvalue weighted by Gasteiger charge is 2.10. The van der Waals surface area contributed by atoms with E-state index in [2.05, 4.69) is 13.5 Å². The Morgan fingerprint density at radius 1 is 1.17 bits per heavy atom. The van der Waals surface area contributed by atoms with Crippen LogP contribution in [0.5, 0.6) is 0 Å². The average Bonchev–Trinajstić information content (AvgIpc) is 2.04. The lowest BCUT2D eigenvalue weighted by Crippen LogP contribution is -2.19. The SMILES string of the molecule is C=C(CCC)C(OCC)OCC. The second-order valence-corrected chi connectivity index (χ2v) is 2.65. The highest BCUT2D eigenvalue weighted by Crippen LogP contribution is 2.12. The van der Waals surface area contributed by atoms with E-state index in [0.717, 1.165) is 18.4 Å². The molecule has 12 heavy (non-hydrogen) atoms. The summed E-state index contributed by atoms with van der Waals surface area (Å²) in [6.45, 7) is 11.3. The van der Waals surface area contributed by atoms with Gasteiger partial charge in [-0.05, 0) is 25.8 Å². The second kappa shape index (κ2) is 7.32. The van der Waals surface area contributed by atoms with E-state index in [-0.39, 0.29) is 6.29 Å². The fraction of sp³-hybridized carbons (Fsp3) is 0.800. The first-order chi connectivity index (χ1) is 5.76. The lowest BCUT2D eigenvalue weighted by atomic mass is 10.2. The molecule has 0 saturated heterocycles. The Balaban J connectivity index is 3.81. The van der Waals surface area contributed by atoms with Crippen LogP contribution in [0.4, 0.5) is 0 Å². The quantitative estimate of drug-likeness (QED) is 0.434. The molecule has 2 heteroatoms. The molecule has 0 aliphatic carbocycles. The molecule has 0 fully saturated rings. The molecule has 2 nitrogen and oxygen atoms in total. The molecule has 0 spiro atoms. The van der Waals surface area contributed by atoms with Crippen LogP contribution >= 0.6 is 0 Å². The lowest BCUT2D eigenvalue weighted by molar-refractivity contribution is -0.112. The minimum atomic E-state index is -0.194. The summed E-state index contributed by atoms with van der Waals surface area (Å²) < 4.78 is 10.7. The first kappa shape index (κ1) is 11.7. The summed E-state index contributed by atoms with van der Waals surface area (Å²) in [6, 6.07) is 0. The zero-order valence-electron chi connectivity index (χ0n) is 8.43. The van der Waals surface area contributed by atoms with E-state index in [0.29, 0.717) is 13.2 Å². The molecule has 0 aromatic heterocycles. The van der Waals surface area contributed by atoms with Crippen molar-refractivity contribution in [3.63, 3.8) is 0 Å². The van der Waals surface area contributed by atoms with Crippen molar-refractivity contribution < 1.29 is 9.47 Å². The number of ether oxygens (including phenoxy) is 2. The maximum atomic E-state index is 5.37. The third-order valence-electron chi connectivity index (χ3n) is 1.54. The molecule has 0 radical (unpaired) electrons. The molecule has 72 valence electrons. The summed E-state index contributed by atoms with van der Waals surface area (Å²) in [5, 5.41) is 0. The molecule has 0 saturated carbocycles. The largest absolute Gasteiger partial charge is 0.349 e. The van der Waals surface area contributed by atoms with Crippen molar-refractivity contribution in [2.75, 3.05) is 13.2 Å². The fourth-order valence-corrected chi connectivity index (χ4v) is 1.03. The Morgan fingerprint density at radius 3 is 2.00 bits per heavy atom. The van der Waals surface area contributed by atoms with Gasteiger partial charge in [-0.1, -0.05) is 19.9 Å². The molecule has 0 amide bonds. The summed E-state index contributed by atoms with van der Waals surface area (Å²) in [6.07, 6.45) is 1.88. The van der Waals surface area contributed by atoms with Gasteiger partial charge in [0.15, 0.2) is 6.29 Å². The average molecular weight is 172 g/mol. The molecule has 0 aliphatic heterocycles. The fourth-order valence-electron chi connectivity index (χ4n) is 1.03. The Bertz CT molecular complexity index is 115. The van der Waals surface area contributed by atoms with Crippen molar-refractivity contribution in [3.8, 4) is 0 Å². The Morgan fingerprint density at radius 2 is 1.67 bits per heavy atom. The van der Waals surface area contributed by atoms with Gasteiger partial charge in [0, 0.05) is 13.2 Å². The molecule has 0 bridgehead atoms. The molecule has 0 atom stereocenters. The highest BCUT2D eigenvalue weighted by molar-refractivity contribution is 4.97. The van der Waals surface area contributed by atoms with Crippen molar-refractivity contribution >= 4 is 0 Å². The third-order valence-corrected chi connectivity index (χ3v) is 1.54. The van der Waals surface area contributed by atoms with Crippen LogP contribution in [0.2, 0.25) is 0 Å². The van der Waals surface area contributed by atoms with Gasteiger partial charge in [-0.2, -0.15) is 0 Å². The Hall–Kier alpha value is -0.340. The Labute approximate surface area is 75.6 Å². The van der Waals surface area contributed by atoms with Crippen molar-refractivity contribution in [3.05, 3.63) is 12.2 Å². The summed E-state index contributed by atoms with van der Waals surface area (Å²) in [5.41, 5.74) is 1.04. The molecular weight excluding hydrogens is 152 g/mol. The van der Waals surface area contributed by atoms with E-state index in [9.17, 15) is 0 Å². The maximum absolute atomic E-state index is 5.37. The van der Waals surface area contributed by atoms with Crippen LogP contribution < -0.4 is 0 Å². The molecule has 0 N–H and O–H groups in total. The molecule has 0 heterocycles. The predicted octanol–water partition coefficient (Wildman–Crippen LogP) is 2.74. The van der Waals surface area contributed by atoms with Crippen LogP contribution in [0.15, 0.2) is 12.2 Å². The predicted molar refractivity (Wildman–Crippen MR) is 51.1 cm³/mol. The minimum Gasteiger partial charge on any atom is -0.349 e. The summed E-state index contributed by atoms with van der Waals surface area (Å²) in [4.78, 5) is 0. The summed E-state index contributed by atoms with van der Waals surface area (Å²) in [7, 11) is 0. The van der Waals surface area contributed by atoms with E-state index in [4.69, 9.17) is 9.47 Å². The third kappa shape index (κ3) is 4.52. The van der Waals surface area contributed by atoms with Gasteiger partial charge in [0.05, 0.1) is 0 Å². The maximum Gasteiger partial charge on any atom is 0.179 e. The van der Waals surface area contributed by atoms with Crippen molar-refractivity contribution in [2.24, 2.45) is 0 Å². The van der Waals surface area contributed by atoms with E-state index < -0.39 is 0 Å². The van der Waals surface area contributed by atoms with Gasteiger partial charge in [0.1, 0.15) is 0 Å². The van der Waals surface area contributed by atoms with E-state index >= 15 is 0 Å². The van der Waals surface area contributed by atoms with Crippen LogP contribution in [0.1, 0.15) is 33.6 Å². The van der Waals surface area contributed by atoms with Crippen LogP contribution in [-0.4, -0.2) is 19.5 Å². The van der Waals surface area contributed by atoms with Gasteiger partial charge >= 0.3 is 0 Å². The summed E-state index contributed by atoms with van der Waals surface area (Å²) in [5.74, 6) is 0. The first-order valence-electron chi connectivity index (χ1n) is 4.67. The molecule has 0 aromatic rings. The first-order valence-corrected chi connectivity index (χ1v) is 4.67. The zero-order valence-corrected chi connectivity index (χ0v) is 8.43. The van der Waals surface area contributed by atoms with Gasteiger partial charge in [-0.15, -0.1) is 0 Å². The van der Waals surface area contributed by atoms with Crippen molar-refractivity contribution in [2.45, 2.75) is 39.9 Å². The molecular formula is C10H20O2. The van der Waals surface area contributed by atoms with Gasteiger partial charge < -0.3 is 9.47 Å². The molecule has 0 rings (SSSR count). The number of hydrogen-bond donors (Lipinski definition) is 0. The normalized spacial score (nSPS) is 10.7. The van der Waals surface area contributed by atoms with Gasteiger partial charge in [0.2, 0.25) is 0 Å².